The summed E-state index contributed by atoms with van der Waals surface area (Å²) in [5.41, 5.74) is 1.11. The number of carbonyl (C=O) groups is 3. The molecule has 0 unspecified atom stereocenters. The molecule has 1 aliphatic heterocycles. The summed E-state index contributed by atoms with van der Waals surface area (Å²) in [6, 6.07) is 10.8. The highest BCUT2D eigenvalue weighted by molar-refractivity contribution is 7.12. The second-order valence-electron chi connectivity index (χ2n) is 7.28. The zero-order chi connectivity index (χ0) is 21.5. The maximum absolute atomic E-state index is 13.2. The van der Waals surface area contributed by atoms with E-state index in [2.05, 4.69) is 10.2 Å². The molecule has 1 aromatic carbocycles. The van der Waals surface area contributed by atoms with E-state index in [9.17, 15) is 14.4 Å². The Kier molecular flexibility index (Phi) is 7.59. The molecule has 2 aromatic rings. The van der Waals surface area contributed by atoms with Crippen molar-refractivity contribution >= 4 is 34.7 Å². The van der Waals surface area contributed by atoms with Gasteiger partial charge in [-0.05, 0) is 30.0 Å². The molecule has 1 aliphatic rings. The number of carbonyl (C=O) groups excluding carboxylic acids is 3. The molecule has 0 atom stereocenters. The van der Waals surface area contributed by atoms with Crippen molar-refractivity contribution in [2.75, 3.05) is 51.2 Å². The van der Waals surface area contributed by atoms with E-state index in [4.69, 9.17) is 0 Å². The summed E-state index contributed by atoms with van der Waals surface area (Å²) in [6.07, 6.45) is 0.914. The number of amides is 3. The SMILES string of the molecule is CCCNC(=O)CN1CCN(C(=O)c2ccccc2N(C)C(=O)c2cccs2)CC1. The van der Waals surface area contributed by atoms with E-state index in [1.807, 2.05) is 30.5 Å². The van der Waals surface area contributed by atoms with E-state index in [0.29, 0.717) is 55.4 Å². The Balaban J connectivity index is 1.64. The molecule has 0 radical (unpaired) electrons. The molecular weight excluding hydrogens is 400 g/mol. The van der Waals surface area contributed by atoms with Gasteiger partial charge >= 0.3 is 0 Å². The maximum Gasteiger partial charge on any atom is 0.268 e. The van der Waals surface area contributed by atoms with Gasteiger partial charge in [0.25, 0.3) is 11.8 Å². The van der Waals surface area contributed by atoms with E-state index >= 15 is 0 Å². The van der Waals surface area contributed by atoms with Crippen LogP contribution in [0, 0.1) is 0 Å². The third-order valence-corrected chi connectivity index (χ3v) is 5.99. The molecule has 30 heavy (non-hydrogen) atoms. The lowest BCUT2D eigenvalue weighted by Crippen LogP contribution is -2.51. The number of piperazine rings is 1. The molecule has 1 saturated heterocycles. The van der Waals surface area contributed by atoms with Crippen molar-refractivity contribution in [3.05, 3.63) is 52.2 Å². The summed E-state index contributed by atoms with van der Waals surface area (Å²) >= 11 is 1.38. The van der Waals surface area contributed by atoms with Gasteiger partial charge in [-0.15, -0.1) is 11.3 Å². The van der Waals surface area contributed by atoms with Gasteiger partial charge in [0.1, 0.15) is 0 Å². The van der Waals surface area contributed by atoms with Crippen LogP contribution >= 0.6 is 11.3 Å². The van der Waals surface area contributed by atoms with Crippen molar-refractivity contribution in [1.82, 2.24) is 15.1 Å². The van der Waals surface area contributed by atoms with Gasteiger partial charge in [0.15, 0.2) is 0 Å². The Hall–Kier alpha value is -2.71. The number of anilines is 1. The highest BCUT2D eigenvalue weighted by Gasteiger charge is 2.26. The third kappa shape index (κ3) is 5.25. The van der Waals surface area contributed by atoms with Crippen LogP contribution in [-0.2, 0) is 4.79 Å². The van der Waals surface area contributed by atoms with Crippen molar-refractivity contribution in [1.29, 1.82) is 0 Å². The molecule has 0 saturated carbocycles. The molecule has 0 spiro atoms. The first kappa shape index (κ1) is 22.0. The zero-order valence-electron chi connectivity index (χ0n) is 17.5. The van der Waals surface area contributed by atoms with Crippen LogP contribution in [-0.4, -0.2) is 73.8 Å². The molecular formula is C22H28N4O3S. The van der Waals surface area contributed by atoms with E-state index in [1.165, 1.54) is 16.2 Å². The van der Waals surface area contributed by atoms with Gasteiger partial charge in [-0.3, -0.25) is 19.3 Å². The fourth-order valence-electron chi connectivity index (χ4n) is 3.42. The molecule has 1 N–H and O–H groups in total. The lowest BCUT2D eigenvalue weighted by atomic mass is 10.1. The molecule has 1 aromatic heterocycles. The molecule has 3 rings (SSSR count). The van der Waals surface area contributed by atoms with Crippen LogP contribution < -0.4 is 10.2 Å². The fraction of sp³-hybridized carbons (Fsp3) is 0.409. The van der Waals surface area contributed by atoms with Gasteiger partial charge in [-0.2, -0.15) is 0 Å². The first-order chi connectivity index (χ1) is 14.5. The quantitative estimate of drug-likeness (QED) is 0.735. The smallest absolute Gasteiger partial charge is 0.268 e. The summed E-state index contributed by atoms with van der Waals surface area (Å²) in [6.45, 7) is 5.47. The fourth-order valence-corrected chi connectivity index (χ4v) is 4.12. The van der Waals surface area contributed by atoms with E-state index in [-0.39, 0.29) is 17.7 Å². The Labute approximate surface area is 181 Å². The predicted octanol–water partition coefficient (Wildman–Crippen LogP) is 2.31. The van der Waals surface area contributed by atoms with Gasteiger partial charge in [-0.25, -0.2) is 0 Å². The van der Waals surface area contributed by atoms with Crippen LogP contribution in [0.5, 0.6) is 0 Å². The largest absolute Gasteiger partial charge is 0.355 e. The normalized spacial score (nSPS) is 14.4. The molecule has 7 nitrogen and oxygen atoms in total. The first-order valence-electron chi connectivity index (χ1n) is 10.2. The number of benzene rings is 1. The van der Waals surface area contributed by atoms with Crippen LogP contribution in [0.2, 0.25) is 0 Å². The highest BCUT2D eigenvalue weighted by Crippen LogP contribution is 2.24. The van der Waals surface area contributed by atoms with Crippen molar-refractivity contribution in [2.45, 2.75) is 13.3 Å². The van der Waals surface area contributed by atoms with E-state index in [0.717, 1.165) is 6.42 Å². The van der Waals surface area contributed by atoms with Gasteiger partial charge in [0.05, 0.1) is 22.7 Å². The summed E-state index contributed by atoms with van der Waals surface area (Å²) in [5.74, 6) is -0.199. The minimum absolute atomic E-state index is 0.0238. The minimum atomic E-state index is -0.131. The Morgan fingerprint density at radius 2 is 1.80 bits per heavy atom. The summed E-state index contributed by atoms with van der Waals surface area (Å²) in [7, 11) is 1.70. The summed E-state index contributed by atoms with van der Waals surface area (Å²) < 4.78 is 0. The van der Waals surface area contributed by atoms with Gasteiger partial charge in [0, 0.05) is 39.8 Å². The van der Waals surface area contributed by atoms with Crippen molar-refractivity contribution in [3.63, 3.8) is 0 Å². The summed E-state index contributed by atoms with van der Waals surface area (Å²) in [5, 5.41) is 4.74. The van der Waals surface area contributed by atoms with Crippen molar-refractivity contribution < 1.29 is 14.4 Å². The van der Waals surface area contributed by atoms with Gasteiger partial charge < -0.3 is 15.1 Å². The number of nitrogens with zero attached hydrogens (tertiary/aromatic N) is 3. The van der Waals surface area contributed by atoms with Gasteiger partial charge in [-0.1, -0.05) is 25.1 Å². The Morgan fingerprint density at radius 3 is 2.47 bits per heavy atom. The minimum Gasteiger partial charge on any atom is -0.355 e. The number of rotatable bonds is 7. The van der Waals surface area contributed by atoms with Crippen LogP contribution in [0.3, 0.4) is 0 Å². The predicted molar refractivity (Wildman–Crippen MR) is 119 cm³/mol. The highest BCUT2D eigenvalue weighted by atomic mass is 32.1. The van der Waals surface area contributed by atoms with Crippen LogP contribution in [0.25, 0.3) is 0 Å². The topological polar surface area (TPSA) is 73.0 Å². The van der Waals surface area contributed by atoms with Crippen LogP contribution in [0.1, 0.15) is 33.4 Å². The second-order valence-corrected chi connectivity index (χ2v) is 8.22. The van der Waals surface area contributed by atoms with Crippen LogP contribution in [0.15, 0.2) is 41.8 Å². The number of thiophene rings is 1. The van der Waals surface area contributed by atoms with E-state index < -0.39 is 0 Å². The lowest BCUT2D eigenvalue weighted by molar-refractivity contribution is -0.122. The first-order valence-corrected chi connectivity index (χ1v) is 11.1. The average Bonchev–Trinajstić information content (AvgIpc) is 3.31. The molecule has 8 heteroatoms. The Bertz CT molecular complexity index is 876. The van der Waals surface area contributed by atoms with Crippen molar-refractivity contribution in [2.24, 2.45) is 0 Å². The molecule has 1 fully saturated rings. The molecule has 160 valence electrons. The molecule has 0 bridgehead atoms. The third-order valence-electron chi connectivity index (χ3n) is 5.13. The van der Waals surface area contributed by atoms with Crippen LogP contribution in [0.4, 0.5) is 5.69 Å². The average molecular weight is 429 g/mol. The van der Waals surface area contributed by atoms with Crippen molar-refractivity contribution in [3.8, 4) is 0 Å². The molecule has 0 aliphatic carbocycles. The number of hydrogen-bond donors (Lipinski definition) is 1. The number of para-hydroxylation sites is 1. The van der Waals surface area contributed by atoms with Gasteiger partial charge in [0.2, 0.25) is 5.91 Å². The van der Waals surface area contributed by atoms with E-state index in [1.54, 1.807) is 30.1 Å². The molecule has 2 heterocycles. The maximum atomic E-state index is 13.2. The zero-order valence-corrected chi connectivity index (χ0v) is 18.3. The standard InChI is InChI=1S/C22H28N4O3S/c1-3-10-23-20(27)16-25-11-13-26(14-12-25)21(28)17-7-4-5-8-18(17)24(2)22(29)19-9-6-15-30-19/h4-9,15H,3,10-14,16H2,1-2H3,(H,23,27). The number of nitrogens with one attached hydrogen (secondary N) is 1. The Morgan fingerprint density at radius 1 is 1.07 bits per heavy atom. The molecule has 3 amide bonds. The summed E-state index contributed by atoms with van der Waals surface area (Å²) in [4.78, 5) is 43.9. The number of hydrogen-bond acceptors (Lipinski definition) is 5. The second kappa shape index (κ2) is 10.4. The lowest BCUT2D eigenvalue weighted by Gasteiger charge is -2.35. The monoisotopic (exact) mass is 428 g/mol.